The lowest BCUT2D eigenvalue weighted by atomic mass is 9.74. The number of hydrogen-bond donors (Lipinski definition) is 1. The Hall–Kier alpha value is -3.58. The van der Waals surface area contributed by atoms with Gasteiger partial charge in [0.15, 0.2) is 10.7 Å². The Bertz CT molecular complexity index is 1160. The van der Waals surface area contributed by atoms with E-state index in [0.717, 1.165) is 11.1 Å². The minimum Gasteiger partial charge on any atom is -0.343 e. The van der Waals surface area contributed by atoms with Crippen LogP contribution in [0.25, 0.3) is 0 Å². The van der Waals surface area contributed by atoms with E-state index in [0.29, 0.717) is 16.8 Å². The van der Waals surface area contributed by atoms with Crippen molar-refractivity contribution < 1.29 is 9.72 Å². The van der Waals surface area contributed by atoms with Crippen molar-refractivity contribution in [2.75, 3.05) is 11.4 Å². The van der Waals surface area contributed by atoms with Crippen molar-refractivity contribution in [1.82, 2.24) is 5.32 Å². The Balaban J connectivity index is 1.97. The number of nitro groups is 1. The molecule has 3 aromatic carbocycles. The number of benzene rings is 3. The summed E-state index contributed by atoms with van der Waals surface area (Å²) in [7, 11) is 0. The molecule has 1 N–H and O–H groups in total. The Labute approximate surface area is 192 Å². The van der Waals surface area contributed by atoms with Gasteiger partial charge in [-0.15, -0.1) is 0 Å². The SMILES string of the molecule is Cc1cccc(C)c1N1C(=O)[C@](c2ccccc2)([C@@H](C[N+](=O)[O-])c2ccccc2)NC1=S. The molecule has 1 saturated heterocycles. The van der Waals surface area contributed by atoms with Crippen LogP contribution in [0.15, 0.2) is 78.9 Å². The topological polar surface area (TPSA) is 75.5 Å². The van der Waals surface area contributed by atoms with Crippen molar-refractivity contribution in [3.63, 3.8) is 0 Å². The summed E-state index contributed by atoms with van der Waals surface area (Å²) in [5, 5.41) is 15.3. The van der Waals surface area contributed by atoms with Crippen molar-refractivity contribution >= 4 is 28.9 Å². The molecule has 4 rings (SSSR count). The van der Waals surface area contributed by atoms with Crippen molar-refractivity contribution in [2.24, 2.45) is 0 Å². The molecule has 3 aromatic rings. The molecule has 0 radical (unpaired) electrons. The van der Waals surface area contributed by atoms with E-state index in [9.17, 15) is 14.9 Å². The smallest absolute Gasteiger partial charge is 0.264 e. The first-order valence-corrected chi connectivity index (χ1v) is 10.7. The lowest BCUT2D eigenvalue weighted by Crippen LogP contribution is -2.51. The summed E-state index contributed by atoms with van der Waals surface area (Å²) >= 11 is 5.67. The maximum atomic E-state index is 14.3. The number of anilines is 1. The molecule has 162 valence electrons. The Morgan fingerprint density at radius 2 is 1.53 bits per heavy atom. The highest BCUT2D eigenvalue weighted by Gasteiger charge is 2.58. The molecule has 32 heavy (non-hydrogen) atoms. The number of hydrogen-bond acceptors (Lipinski definition) is 4. The zero-order valence-electron chi connectivity index (χ0n) is 17.8. The standard InChI is InChI=1S/C25H23N3O3S/c1-17-10-9-11-18(2)22(17)28-23(29)25(26-24(28)32,20-14-7-4-8-15-20)21(16-27(30)31)19-12-5-3-6-13-19/h3-15,21H,16H2,1-2H3,(H,26,32)/t21-,25-/m0/s1. The summed E-state index contributed by atoms with van der Waals surface area (Å²) in [4.78, 5) is 27.2. The van der Waals surface area contributed by atoms with Gasteiger partial charge in [-0.2, -0.15) is 0 Å². The minimum atomic E-state index is -1.42. The number of carbonyl (C=O) groups is 1. The summed E-state index contributed by atoms with van der Waals surface area (Å²) in [6.45, 7) is 3.42. The molecule has 2 atom stereocenters. The van der Waals surface area contributed by atoms with Gasteiger partial charge in [0.05, 0.1) is 11.6 Å². The largest absolute Gasteiger partial charge is 0.343 e. The number of thiocarbonyl (C=S) groups is 1. The van der Waals surface area contributed by atoms with Gasteiger partial charge >= 0.3 is 0 Å². The fourth-order valence-electron chi connectivity index (χ4n) is 4.57. The Kier molecular flexibility index (Phi) is 5.76. The molecule has 0 unspecified atom stereocenters. The molecule has 6 nitrogen and oxygen atoms in total. The highest BCUT2D eigenvalue weighted by Crippen LogP contribution is 2.44. The normalized spacial score (nSPS) is 19.0. The average Bonchev–Trinajstić information content (AvgIpc) is 3.04. The van der Waals surface area contributed by atoms with E-state index in [2.05, 4.69) is 5.32 Å². The van der Waals surface area contributed by atoms with Crippen LogP contribution in [0.1, 0.15) is 28.2 Å². The van der Waals surface area contributed by atoms with Crippen LogP contribution in [0.3, 0.4) is 0 Å². The second-order valence-electron chi connectivity index (χ2n) is 7.96. The fraction of sp³-hybridized carbons (Fsp3) is 0.200. The summed E-state index contributed by atoms with van der Waals surface area (Å²) in [5.74, 6) is -1.09. The zero-order chi connectivity index (χ0) is 22.9. The van der Waals surface area contributed by atoms with Gasteiger partial charge in [0.1, 0.15) is 0 Å². The lowest BCUT2D eigenvalue weighted by Gasteiger charge is -2.34. The van der Waals surface area contributed by atoms with E-state index >= 15 is 0 Å². The zero-order valence-corrected chi connectivity index (χ0v) is 18.6. The Morgan fingerprint density at radius 3 is 2.09 bits per heavy atom. The van der Waals surface area contributed by atoms with Crippen molar-refractivity contribution in [3.05, 3.63) is 111 Å². The molecule has 1 aliphatic rings. The first-order chi connectivity index (χ1) is 15.4. The van der Waals surface area contributed by atoms with Crippen LogP contribution < -0.4 is 10.2 Å². The number of para-hydroxylation sites is 1. The first-order valence-electron chi connectivity index (χ1n) is 10.3. The first kappa shape index (κ1) is 21.6. The predicted octanol–water partition coefficient (Wildman–Crippen LogP) is 4.48. The van der Waals surface area contributed by atoms with E-state index in [1.807, 2.05) is 92.7 Å². The third-order valence-corrected chi connectivity index (χ3v) is 6.28. The van der Waals surface area contributed by atoms with Crippen LogP contribution in [-0.4, -0.2) is 22.5 Å². The van der Waals surface area contributed by atoms with Crippen LogP contribution in [-0.2, 0) is 10.3 Å². The highest BCUT2D eigenvalue weighted by molar-refractivity contribution is 7.80. The molecule has 0 aliphatic carbocycles. The second kappa shape index (κ2) is 8.51. The molecule has 0 aromatic heterocycles. The van der Waals surface area contributed by atoms with E-state index in [-0.39, 0.29) is 15.9 Å². The highest BCUT2D eigenvalue weighted by atomic mass is 32.1. The van der Waals surface area contributed by atoms with Gasteiger partial charge in [-0.05, 0) is 48.3 Å². The van der Waals surface area contributed by atoms with Crippen LogP contribution in [0.5, 0.6) is 0 Å². The van der Waals surface area contributed by atoms with Crippen molar-refractivity contribution in [1.29, 1.82) is 0 Å². The summed E-state index contributed by atoms with van der Waals surface area (Å²) in [5.41, 5.74) is 2.42. The van der Waals surface area contributed by atoms with Crippen molar-refractivity contribution in [3.8, 4) is 0 Å². The maximum Gasteiger partial charge on any atom is 0.264 e. The van der Waals surface area contributed by atoms with Gasteiger partial charge in [0, 0.05) is 4.92 Å². The van der Waals surface area contributed by atoms with E-state index in [1.165, 1.54) is 4.90 Å². The second-order valence-corrected chi connectivity index (χ2v) is 8.35. The molecule has 1 fully saturated rings. The van der Waals surface area contributed by atoms with Crippen molar-refractivity contribution in [2.45, 2.75) is 25.3 Å². The molecule has 1 heterocycles. The molecule has 1 aliphatic heterocycles. The van der Waals surface area contributed by atoms with E-state index in [1.54, 1.807) is 0 Å². The molecule has 0 spiro atoms. The molecule has 0 bridgehead atoms. The Morgan fingerprint density at radius 1 is 0.969 bits per heavy atom. The number of amides is 1. The van der Waals surface area contributed by atoms with Gasteiger partial charge < -0.3 is 5.32 Å². The number of nitrogens with zero attached hydrogens (tertiary/aromatic N) is 2. The van der Waals surface area contributed by atoms with Gasteiger partial charge in [-0.1, -0.05) is 78.9 Å². The van der Waals surface area contributed by atoms with Gasteiger partial charge in [-0.3, -0.25) is 19.8 Å². The van der Waals surface area contributed by atoms with E-state index in [4.69, 9.17) is 12.2 Å². The lowest BCUT2D eigenvalue weighted by molar-refractivity contribution is -0.485. The third-order valence-electron chi connectivity index (χ3n) is 6.00. The molecule has 1 amide bonds. The van der Waals surface area contributed by atoms with Gasteiger partial charge in [-0.25, -0.2) is 0 Å². The maximum absolute atomic E-state index is 14.3. The summed E-state index contributed by atoms with van der Waals surface area (Å²) < 4.78 is 0. The van der Waals surface area contributed by atoms with E-state index < -0.39 is 18.0 Å². The van der Waals surface area contributed by atoms with Gasteiger partial charge in [0.2, 0.25) is 6.54 Å². The average molecular weight is 446 g/mol. The fourth-order valence-corrected chi connectivity index (χ4v) is 4.90. The summed E-state index contributed by atoms with van der Waals surface area (Å²) in [6.07, 6.45) is 0. The molecular formula is C25H23N3O3S. The number of carbonyl (C=O) groups excluding carboxylic acids is 1. The van der Waals surface area contributed by atoms with Crippen LogP contribution >= 0.6 is 12.2 Å². The number of aryl methyl sites for hydroxylation is 2. The molecule has 0 saturated carbocycles. The van der Waals surface area contributed by atoms with Crippen LogP contribution in [0.4, 0.5) is 5.69 Å². The van der Waals surface area contributed by atoms with Crippen LogP contribution in [0.2, 0.25) is 0 Å². The molecule has 7 heteroatoms. The monoisotopic (exact) mass is 445 g/mol. The summed E-state index contributed by atoms with van der Waals surface area (Å²) in [6, 6.07) is 24.0. The minimum absolute atomic E-state index is 0.237. The van der Waals surface area contributed by atoms with Crippen LogP contribution in [0, 0.1) is 24.0 Å². The van der Waals surface area contributed by atoms with Gasteiger partial charge in [0.25, 0.3) is 5.91 Å². The third kappa shape index (κ3) is 3.54. The number of nitrogens with one attached hydrogen (secondary N) is 1. The quantitative estimate of drug-likeness (QED) is 0.344. The predicted molar refractivity (Wildman–Crippen MR) is 128 cm³/mol. The number of rotatable bonds is 6. The molecular weight excluding hydrogens is 422 g/mol.